The van der Waals surface area contributed by atoms with Crippen LogP contribution in [0.1, 0.15) is 41.5 Å². The number of imidazole rings is 1. The number of fused-ring (bicyclic) bond motifs is 4. The van der Waals surface area contributed by atoms with Gasteiger partial charge in [0.05, 0.1) is 29.2 Å². The molecule has 1 atom stereocenters. The van der Waals surface area contributed by atoms with Crippen molar-refractivity contribution in [1.82, 2.24) is 9.97 Å². The van der Waals surface area contributed by atoms with Crippen molar-refractivity contribution in [2.45, 2.75) is 25.3 Å². The maximum absolute atomic E-state index is 12.1. The van der Waals surface area contributed by atoms with E-state index >= 15 is 0 Å². The minimum atomic E-state index is -1.03. The van der Waals surface area contributed by atoms with Crippen LogP contribution in [0.3, 0.4) is 0 Å². The van der Waals surface area contributed by atoms with Crippen LogP contribution in [0.2, 0.25) is 0 Å². The Labute approximate surface area is 138 Å². The molecule has 24 heavy (non-hydrogen) atoms. The van der Waals surface area contributed by atoms with Crippen LogP contribution in [0.4, 0.5) is 5.69 Å². The monoisotopic (exact) mass is 326 g/mol. The number of anilines is 1. The second-order valence-electron chi connectivity index (χ2n) is 5.65. The molecule has 0 radical (unpaired) electrons. The van der Waals surface area contributed by atoms with Crippen molar-refractivity contribution >= 4 is 17.6 Å². The van der Waals surface area contributed by atoms with Gasteiger partial charge >= 0.3 is 5.97 Å². The van der Waals surface area contributed by atoms with Gasteiger partial charge in [-0.1, -0.05) is 12.2 Å². The van der Waals surface area contributed by atoms with Crippen LogP contribution in [-0.2, 0) is 4.79 Å². The molecule has 124 valence electrons. The average Bonchev–Trinajstić information content (AvgIpc) is 3.04. The van der Waals surface area contributed by atoms with Crippen molar-refractivity contribution in [3.8, 4) is 11.3 Å². The van der Waals surface area contributed by atoms with Gasteiger partial charge in [-0.2, -0.15) is 0 Å². The molecule has 3 rings (SSSR count). The van der Waals surface area contributed by atoms with Crippen molar-refractivity contribution in [3.05, 3.63) is 47.9 Å². The zero-order chi connectivity index (χ0) is 17.1. The number of rotatable bonds is 1. The number of nitrogens with two attached hydrogens (primary N) is 1. The lowest BCUT2D eigenvalue weighted by atomic mass is 10.1. The summed E-state index contributed by atoms with van der Waals surface area (Å²) in [5.74, 6) is -0.549. The number of hydrogen-bond donors (Lipinski definition) is 4. The predicted octanol–water partition coefficient (Wildman–Crippen LogP) is 2.45. The molecule has 7 nitrogen and oxygen atoms in total. The predicted molar refractivity (Wildman–Crippen MR) is 89.5 cm³/mol. The summed E-state index contributed by atoms with van der Waals surface area (Å²) in [6.45, 7) is 0. The number of aromatic amines is 1. The second-order valence-corrected chi connectivity index (χ2v) is 5.65. The van der Waals surface area contributed by atoms with E-state index in [4.69, 9.17) is 5.73 Å². The van der Waals surface area contributed by atoms with E-state index in [1.54, 1.807) is 12.3 Å². The maximum Gasteiger partial charge on any atom is 0.335 e. The molecule has 0 spiro atoms. The quantitative estimate of drug-likeness (QED) is 0.600. The zero-order valence-corrected chi connectivity index (χ0v) is 13.0. The Kier molecular flexibility index (Phi) is 4.43. The van der Waals surface area contributed by atoms with Crippen molar-refractivity contribution in [2.24, 2.45) is 5.73 Å². The van der Waals surface area contributed by atoms with E-state index in [0.717, 1.165) is 0 Å². The molecule has 2 heterocycles. The molecule has 1 aromatic heterocycles. The molecule has 7 heteroatoms. The standard InChI is InChI=1S/C17H18N4O3/c18-12-4-2-1-3-5-15(22)20-13-7-6-10(17(23)24)8-11(13)14-9-19-16(12)21-14/h1-2,6-9,12H,3-5,18H2,(H,19,21)(H,20,22)(H,23,24)/b2-1-/t12-/m0/s1. The van der Waals surface area contributed by atoms with E-state index in [2.05, 4.69) is 15.3 Å². The minimum absolute atomic E-state index is 0.132. The van der Waals surface area contributed by atoms with Gasteiger partial charge in [0.2, 0.25) is 5.91 Å². The smallest absolute Gasteiger partial charge is 0.335 e. The molecule has 1 aliphatic rings. The number of carboxylic acid groups (broad SMARTS) is 1. The first-order valence-corrected chi connectivity index (χ1v) is 7.67. The fourth-order valence-electron chi connectivity index (χ4n) is 2.57. The van der Waals surface area contributed by atoms with Gasteiger partial charge in [-0.25, -0.2) is 9.78 Å². The number of carboxylic acids is 1. The first-order valence-electron chi connectivity index (χ1n) is 7.67. The number of aromatic carboxylic acids is 1. The van der Waals surface area contributed by atoms with E-state index < -0.39 is 5.97 Å². The highest BCUT2D eigenvalue weighted by Crippen LogP contribution is 2.29. The fraction of sp³-hybridized carbons (Fsp3) is 0.235. The lowest BCUT2D eigenvalue weighted by Crippen LogP contribution is -2.12. The van der Waals surface area contributed by atoms with Crippen LogP contribution < -0.4 is 11.1 Å². The minimum Gasteiger partial charge on any atom is -0.478 e. The number of hydrogen-bond acceptors (Lipinski definition) is 4. The Morgan fingerprint density at radius 3 is 2.96 bits per heavy atom. The van der Waals surface area contributed by atoms with Crippen molar-refractivity contribution < 1.29 is 14.7 Å². The summed E-state index contributed by atoms with van der Waals surface area (Å²) in [6, 6.07) is 4.28. The van der Waals surface area contributed by atoms with Gasteiger partial charge < -0.3 is 21.1 Å². The van der Waals surface area contributed by atoms with Gasteiger partial charge in [-0.15, -0.1) is 0 Å². The summed E-state index contributed by atoms with van der Waals surface area (Å²) in [4.78, 5) is 30.7. The molecular weight excluding hydrogens is 308 g/mol. The van der Waals surface area contributed by atoms with E-state index in [1.165, 1.54) is 12.1 Å². The molecule has 1 aliphatic heterocycles. The van der Waals surface area contributed by atoms with Gasteiger partial charge in [-0.3, -0.25) is 4.79 Å². The largest absolute Gasteiger partial charge is 0.478 e. The average molecular weight is 326 g/mol. The second kappa shape index (κ2) is 6.67. The Balaban J connectivity index is 2.09. The zero-order valence-electron chi connectivity index (χ0n) is 13.0. The van der Waals surface area contributed by atoms with Gasteiger partial charge in [0, 0.05) is 12.0 Å². The lowest BCUT2D eigenvalue weighted by Gasteiger charge is -2.11. The van der Waals surface area contributed by atoms with Gasteiger partial charge in [0.25, 0.3) is 0 Å². The lowest BCUT2D eigenvalue weighted by molar-refractivity contribution is -0.116. The molecule has 1 aromatic carbocycles. The van der Waals surface area contributed by atoms with Crippen LogP contribution in [0.15, 0.2) is 36.5 Å². The summed E-state index contributed by atoms with van der Waals surface area (Å²) in [7, 11) is 0. The van der Waals surface area contributed by atoms with E-state index in [1.807, 2.05) is 12.2 Å². The van der Waals surface area contributed by atoms with Gasteiger partial charge in [0.15, 0.2) is 0 Å². The number of benzene rings is 1. The van der Waals surface area contributed by atoms with Crippen LogP contribution in [0.25, 0.3) is 11.3 Å². The fourth-order valence-corrected chi connectivity index (χ4v) is 2.57. The Bertz CT molecular complexity index is 810. The number of aromatic nitrogens is 2. The number of nitrogens with zero attached hydrogens (tertiary/aromatic N) is 1. The molecule has 0 unspecified atom stereocenters. The Morgan fingerprint density at radius 1 is 1.33 bits per heavy atom. The third kappa shape index (κ3) is 3.36. The summed E-state index contributed by atoms with van der Waals surface area (Å²) in [5, 5.41) is 12.0. The highest BCUT2D eigenvalue weighted by Gasteiger charge is 2.16. The molecule has 1 amide bonds. The van der Waals surface area contributed by atoms with E-state index in [9.17, 15) is 14.7 Å². The Morgan fingerprint density at radius 2 is 2.17 bits per heavy atom. The summed E-state index contributed by atoms with van der Waals surface area (Å²) >= 11 is 0. The third-order valence-electron chi connectivity index (χ3n) is 3.87. The maximum atomic E-state index is 12.1. The highest BCUT2D eigenvalue weighted by atomic mass is 16.4. The molecule has 0 saturated carbocycles. The number of allylic oxidation sites excluding steroid dienone is 1. The van der Waals surface area contributed by atoms with Gasteiger partial charge in [-0.05, 0) is 31.0 Å². The van der Waals surface area contributed by atoms with E-state index in [-0.39, 0.29) is 17.5 Å². The van der Waals surface area contributed by atoms with Crippen molar-refractivity contribution in [2.75, 3.05) is 5.32 Å². The summed E-state index contributed by atoms with van der Waals surface area (Å²) < 4.78 is 0. The normalized spacial score (nSPS) is 19.2. The summed E-state index contributed by atoms with van der Waals surface area (Å²) in [6.07, 6.45) is 7.03. The molecule has 2 bridgehead atoms. The third-order valence-corrected chi connectivity index (χ3v) is 3.87. The number of carbonyl (C=O) groups is 2. The van der Waals surface area contributed by atoms with Crippen LogP contribution in [0.5, 0.6) is 0 Å². The van der Waals surface area contributed by atoms with Crippen molar-refractivity contribution in [3.63, 3.8) is 0 Å². The van der Waals surface area contributed by atoms with Crippen LogP contribution in [0, 0.1) is 0 Å². The molecular formula is C17H18N4O3. The number of nitrogens with one attached hydrogen (secondary N) is 2. The first-order chi connectivity index (χ1) is 11.5. The molecule has 0 saturated heterocycles. The number of amides is 1. The van der Waals surface area contributed by atoms with E-state index in [0.29, 0.717) is 42.0 Å². The highest BCUT2D eigenvalue weighted by molar-refractivity contribution is 5.97. The molecule has 0 fully saturated rings. The van der Waals surface area contributed by atoms with Crippen molar-refractivity contribution in [1.29, 1.82) is 0 Å². The SMILES string of the molecule is N[C@H]1C/C=C\CCC(=O)Nc2ccc(C(=O)O)cc2-c2cnc1[nH]2. The summed E-state index contributed by atoms with van der Waals surface area (Å²) in [5.41, 5.74) is 7.96. The topological polar surface area (TPSA) is 121 Å². The molecule has 0 aliphatic carbocycles. The molecule has 2 aromatic rings. The number of carbonyl (C=O) groups excluding carboxylic acids is 1. The first kappa shape index (κ1) is 15.9. The van der Waals surface area contributed by atoms with Gasteiger partial charge in [0.1, 0.15) is 5.82 Å². The Hall–Kier alpha value is -2.93. The number of H-pyrrole nitrogens is 1. The van der Waals surface area contributed by atoms with Crippen LogP contribution in [-0.4, -0.2) is 27.0 Å². The van der Waals surface area contributed by atoms with Crippen LogP contribution >= 0.6 is 0 Å². The molecule has 5 N–H and O–H groups in total.